The number of allylic oxidation sites excluding steroid dienone is 6. The highest BCUT2D eigenvalue weighted by molar-refractivity contribution is 7.17. The van der Waals surface area contributed by atoms with Gasteiger partial charge in [-0.15, -0.1) is 0 Å². The fourth-order valence-corrected chi connectivity index (χ4v) is 3.63. The zero-order chi connectivity index (χ0) is 28.7. The molecule has 2 atom stereocenters. The quantitative estimate of drug-likeness (QED) is 0.147. The number of Topliss-reactive ketones (excluding diaryl/α,β-unsaturated/α-hetero) is 1. The van der Waals surface area contributed by atoms with Gasteiger partial charge in [0.05, 0.1) is 12.3 Å². The van der Waals surface area contributed by atoms with Crippen LogP contribution in [0.4, 0.5) is 14.5 Å². The van der Waals surface area contributed by atoms with Gasteiger partial charge in [-0.1, -0.05) is 45.1 Å². The minimum absolute atomic E-state index is 0.00595. The second-order valence-electron chi connectivity index (χ2n) is 8.71. The van der Waals surface area contributed by atoms with Crippen molar-refractivity contribution < 1.29 is 28.5 Å². The first-order valence-corrected chi connectivity index (χ1v) is 13.4. The minimum Gasteiger partial charge on any atom is -0.430 e. The van der Waals surface area contributed by atoms with Crippen molar-refractivity contribution in [3.8, 4) is 5.75 Å². The Bertz CT molecular complexity index is 1060. The van der Waals surface area contributed by atoms with Gasteiger partial charge in [0.2, 0.25) is 0 Å². The van der Waals surface area contributed by atoms with Crippen LogP contribution >= 0.6 is 9.24 Å². The predicted octanol–water partition coefficient (Wildman–Crippen LogP) is 6.53. The smallest absolute Gasteiger partial charge is 0.408 e. The Hall–Kier alpha value is -2.67. The second-order valence-corrected chi connectivity index (χ2v) is 9.38. The number of aliphatic hydroxyl groups is 2. The zero-order valence-corrected chi connectivity index (χ0v) is 23.9. The van der Waals surface area contributed by atoms with E-state index in [9.17, 15) is 23.8 Å². The maximum Gasteiger partial charge on any atom is 0.408 e. The number of hydrogen-bond donors (Lipinski definition) is 3. The standard InChI is InChI=1S/C21H29F2N2O3P.C8H12O/c1-4-6-7-8-17(19(27)13-26)20(18(24)5-2)14(3)25-15-9-11-16(12-10-15)28-21(22,23)29;1-2-4-8(9)7-5-3-6-7/h6-12,19,26-27H,4-5,13,24,29H2,1-3H3;5H,2-4,6H2,1H3/b7-6+,17-8-,20-18+,25-14?;. The number of aliphatic imine (C=N–C) groups is 1. The van der Waals surface area contributed by atoms with E-state index in [2.05, 4.69) is 9.73 Å². The normalized spacial score (nSPS) is 15.7. The average Bonchev–Trinajstić information content (AvgIpc) is 2.82. The Morgan fingerprint density at radius 1 is 1.26 bits per heavy atom. The number of ketones is 1. The van der Waals surface area contributed by atoms with Crippen molar-refractivity contribution >= 4 is 26.4 Å². The molecule has 0 saturated heterocycles. The molecule has 1 aliphatic carbocycles. The molecule has 4 N–H and O–H groups in total. The van der Waals surface area contributed by atoms with E-state index in [1.54, 1.807) is 19.1 Å². The molecule has 1 aromatic rings. The number of aliphatic hydroxyl groups excluding tert-OH is 2. The molecule has 6 nitrogen and oxygen atoms in total. The Balaban J connectivity index is 0.000000671. The summed E-state index contributed by atoms with van der Waals surface area (Å²) in [7, 11) is 1.31. The summed E-state index contributed by atoms with van der Waals surface area (Å²) in [5, 5.41) is 19.8. The van der Waals surface area contributed by atoms with Crippen molar-refractivity contribution in [2.24, 2.45) is 10.7 Å². The third kappa shape index (κ3) is 11.8. The molecule has 0 bridgehead atoms. The van der Waals surface area contributed by atoms with E-state index in [-0.39, 0.29) is 5.75 Å². The van der Waals surface area contributed by atoms with Gasteiger partial charge in [-0.25, -0.2) is 0 Å². The van der Waals surface area contributed by atoms with Crippen molar-refractivity contribution in [2.75, 3.05) is 6.61 Å². The largest absolute Gasteiger partial charge is 0.430 e. The van der Waals surface area contributed by atoms with Gasteiger partial charge in [-0.2, -0.15) is 8.78 Å². The summed E-state index contributed by atoms with van der Waals surface area (Å²) in [5.74, 6) is -2.98. The Morgan fingerprint density at radius 2 is 1.89 bits per heavy atom. The number of alkyl halides is 2. The van der Waals surface area contributed by atoms with Gasteiger partial charge in [0.25, 0.3) is 0 Å². The Kier molecular flexibility index (Phi) is 14.9. The van der Waals surface area contributed by atoms with Crippen molar-refractivity contribution in [1.82, 2.24) is 0 Å². The molecule has 0 heterocycles. The van der Waals surface area contributed by atoms with Crippen molar-refractivity contribution in [2.45, 2.75) is 78.2 Å². The van der Waals surface area contributed by atoms with Crippen molar-refractivity contribution in [3.05, 3.63) is 71.0 Å². The lowest BCUT2D eigenvalue weighted by Crippen LogP contribution is -2.22. The number of hydrogen-bond acceptors (Lipinski definition) is 6. The third-order valence-corrected chi connectivity index (χ3v) is 5.68. The summed E-state index contributed by atoms with van der Waals surface area (Å²) >= 11 is 0. The van der Waals surface area contributed by atoms with E-state index in [1.165, 1.54) is 33.5 Å². The monoisotopic (exact) mass is 550 g/mol. The number of rotatable bonds is 13. The summed E-state index contributed by atoms with van der Waals surface area (Å²) in [4.78, 5) is 15.5. The molecule has 9 heteroatoms. The van der Waals surface area contributed by atoms with E-state index in [0.29, 0.717) is 40.4 Å². The van der Waals surface area contributed by atoms with Gasteiger partial charge >= 0.3 is 5.85 Å². The molecule has 0 amide bonds. The fraction of sp³-hybridized carbons (Fsp3) is 0.448. The van der Waals surface area contributed by atoms with E-state index in [1.807, 2.05) is 32.9 Å². The maximum absolute atomic E-state index is 12.9. The second kappa shape index (κ2) is 17.0. The Labute approximate surface area is 227 Å². The number of carbonyl (C=O) groups excluding carboxylic acids is 1. The van der Waals surface area contributed by atoms with E-state index in [4.69, 9.17) is 5.73 Å². The SMILES string of the molecule is CC/C=C/C=C(\C(C(C)=Nc1ccc(OC(F)(F)P)cc1)=C(\N)CC)C(O)CO.CCCC(=O)C1=CCC1. The number of carbonyl (C=O) groups is 1. The molecule has 1 aliphatic rings. The highest BCUT2D eigenvalue weighted by Crippen LogP contribution is 2.29. The molecule has 0 aromatic heterocycles. The zero-order valence-electron chi connectivity index (χ0n) is 22.7. The molecule has 0 fully saturated rings. The van der Waals surface area contributed by atoms with Gasteiger partial charge in [-0.05, 0) is 83.7 Å². The van der Waals surface area contributed by atoms with Gasteiger partial charge in [0, 0.05) is 23.4 Å². The molecule has 0 radical (unpaired) electrons. The van der Waals surface area contributed by atoms with Crippen LogP contribution in [-0.2, 0) is 4.79 Å². The van der Waals surface area contributed by atoms with Crippen LogP contribution in [0.1, 0.15) is 66.2 Å². The van der Waals surface area contributed by atoms with Crippen LogP contribution in [0.3, 0.4) is 0 Å². The number of nitrogens with two attached hydrogens (primary N) is 1. The summed E-state index contributed by atoms with van der Waals surface area (Å²) in [5.41, 5.74) is 9.81. The van der Waals surface area contributed by atoms with Gasteiger partial charge < -0.3 is 20.7 Å². The van der Waals surface area contributed by atoms with Crippen LogP contribution in [0, 0.1) is 0 Å². The number of halogens is 2. The number of nitrogens with zero attached hydrogens (tertiary/aromatic N) is 1. The van der Waals surface area contributed by atoms with Gasteiger partial charge in [0.15, 0.2) is 5.78 Å². The molecule has 1 aromatic carbocycles. The van der Waals surface area contributed by atoms with Crippen LogP contribution in [0.5, 0.6) is 5.75 Å². The van der Waals surface area contributed by atoms with E-state index < -0.39 is 18.6 Å². The topological polar surface area (TPSA) is 105 Å². The first-order valence-electron chi connectivity index (χ1n) is 12.9. The molecule has 38 heavy (non-hydrogen) atoms. The van der Waals surface area contributed by atoms with Crippen LogP contribution in [0.15, 0.2) is 76.0 Å². The summed E-state index contributed by atoms with van der Waals surface area (Å²) in [6, 6.07) is 5.86. The average molecular weight is 551 g/mol. The molecule has 210 valence electrons. The summed E-state index contributed by atoms with van der Waals surface area (Å²) < 4.78 is 30.3. The molecular formula is C29H41F2N2O4P. The highest BCUT2D eigenvalue weighted by Gasteiger charge is 2.23. The molecule has 2 rings (SSSR count). The van der Waals surface area contributed by atoms with Crippen molar-refractivity contribution in [1.29, 1.82) is 0 Å². The fourth-order valence-electron chi connectivity index (χ4n) is 3.50. The van der Waals surface area contributed by atoms with E-state index in [0.717, 1.165) is 37.7 Å². The molecular weight excluding hydrogens is 509 g/mol. The predicted molar refractivity (Wildman–Crippen MR) is 154 cm³/mol. The Morgan fingerprint density at radius 3 is 2.34 bits per heavy atom. The first kappa shape index (κ1) is 33.4. The summed E-state index contributed by atoms with van der Waals surface area (Å²) in [6.45, 7) is 7.17. The van der Waals surface area contributed by atoms with Crippen LogP contribution in [0.2, 0.25) is 0 Å². The minimum atomic E-state index is -3.35. The lowest BCUT2D eigenvalue weighted by Gasteiger charge is -2.19. The van der Waals surface area contributed by atoms with Gasteiger partial charge in [-0.3, -0.25) is 9.79 Å². The van der Waals surface area contributed by atoms with Gasteiger partial charge in [0.1, 0.15) is 11.9 Å². The molecule has 0 spiro atoms. The van der Waals surface area contributed by atoms with Crippen LogP contribution in [0.25, 0.3) is 0 Å². The number of benzene rings is 1. The molecule has 2 unspecified atom stereocenters. The number of ether oxygens (including phenoxy) is 1. The van der Waals surface area contributed by atoms with E-state index >= 15 is 0 Å². The summed E-state index contributed by atoms with van der Waals surface area (Å²) in [6.07, 6.45) is 11.5. The van der Waals surface area contributed by atoms with Crippen LogP contribution in [-0.4, -0.2) is 40.3 Å². The maximum atomic E-state index is 12.9. The highest BCUT2D eigenvalue weighted by atomic mass is 31.0. The third-order valence-electron chi connectivity index (χ3n) is 5.56. The first-order chi connectivity index (χ1) is 18.0. The lowest BCUT2D eigenvalue weighted by atomic mass is 9.93. The molecule has 0 saturated carbocycles. The van der Waals surface area contributed by atoms with Crippen molar-refractivity contribution in [3.63, 3.8) is 0 Å². The van der Waals surface area contributed by atoms with Crippen LogP contribution < -0.4 is 10.5 Å². The lowest BCUT2D eigenvalue weighted by molar-refractivity contribution is -0.116. The molecule has 0 aliphatic heterocycles.